The van der Waals surface area contributed by atoms with Crippen LogP contribution in [-0.4, -0.2) is 40.5 Å². The number of nitrogens with one attached hydrogen (secondary N) is 1. The van der Waals surface area contributed by atoms with E-state index in [9.17, 15) is 14.4 Å². The Labute approximate surface area is 194 Å². The van der Waals surface area contributed by atoms with Crippen molar-refractivity contribution in [1.82, 2.24) is 14.9 Å². The molecule has 0 aliphatic heterocycles. The van der Waals surface area contributed by atoms with Gasteiger partial charge in [-0.25, -0.2) is 9.48 Å². The maximum absolute atomic E-state index is 12.9. The molecule has 0 aliphatic carbocycles. The second kappa shape index (κ2) is 9.57. The Hall–Kier alpha value is -4.47. The average molecular weight is 462 g/mol. The first kappa shape index (κ1) is 22.7. The average Bonchev–Trinajstić information content (AvgIpc) is 3.23. The minimum absolute atomic E-state index is 0.0805. The lowest BCUT2D eigenvalue weighted by Crippen LogP contribution is -2.30. The highest BCUT2D eigenvalue weighted by Crippen LogP contribution is 2.29. The van der Waals surface area contributed by atoms with E-state index < -0.39 is 17.4 Å². The molecule has 0 aliphatic rings. The van der Waals surface area contributed by atoms with Crippen LogP contribution < -0.4 is 15.6 Å². The molecule has 0 fully saturated rings. The SMILES string of the molecule is CCOC(=O)c1ccc(NC(=O)Cn2nc(-c3cccc(OC)c3)c3c(C)onc3c2=O)cc1. The third-order valence-electron chi connectivity index (χ3n) is 5.07. The number of esters is 1. The van der Waals surface area contributed by atoms with Gasteiger partial charge in [0.1, 0.15) is 23.7 Å². The van der Waals surface area contributed by atoms with Crippen molar-refractivity contribution in [2.45, 2.75) is 20.4 Å². The number of nitrogens with zero attached hydrogens (tertiary/aromatic N) is 3. The van der Waals surface area contributed by atoms with E-state index in [0.29, 0.717) is 39.4 Å². The summed E-state index contributed by atoms with van der Waals surface area (Å²) in [6, 6.07) is 13.4. The molecular formula is C24H22N4O6. The molecule has 1 amide bonds. The third-order valence-corrected chi connectivity index (χ3v) is 5.07. The smallest absolute Gasteiger partial charge is 0.338 e. The molecule has 2 heterocycles. The van der Waals surface area contributed by atoms with Gasteiger partial charge in [-0.1, -0.05) is 17.3 Å². The molecule has 0 saturated heterocycles. The number of carbonyl (C=O) groups excluding carboxylic acids is 2. The van der Waals surface area contributed by atoms with Gasteiger partial charge in [-0.3, -0.25) is 9.59 Å². The van der Waals surface area contributed by atoms with Crippen molar-refractivity contribution in [3.63, 3.8) is 0 Å². The number of fused-ring (bicyclic) bond motifs is 1. The zero-order chi connectivity index (χ0) is 24.2. The second-order valence-corrected chi connectivity index (χ2v) is 7.35. The first-order valence-electron chi connectivity index (χ1n) is 10.5. The van der Waals surface area contributed by atoms with Crippen LogP contribution in [0.4, 0.5) is 5.69 Å². The van der Waals surface area contributed by atoms with E-state index in [0.717, 1.165) is 4.68 Å². The van der Waals surface area contributed by atoms with Crippen molar-refractivity contribution in [2.24, 2.45) is 0 Å². The van der Waals surface area contributed by atoms with Crippen LogP contribution in [0.15, 0.2) is 57.8 Å². The summed E-state index contributed by atoms with van der Waals surface area (Å²) in [7, 11) is 1.55. The molecule has 1 N–H and O–H groups in total. The number of hydrogen-bond acceptors (Lipinski definition) is 8. The first-order chi connectivity index (χ1) is 16.4. The maximum atomic E-state index is 12.9. The van der Waals surface area contributed by atoms with E-state index in [1.807, 2.05) is 6.07 Å². The maximum Gasteiger partial charge on any atom is 0.338 e. The molecule has 0 unspecified atom stereocenters. The van der Waals surface area contributed by atoms with Crippen molar-refractivity contribution in [2.75, 3.05) is 19.0 Å². The summed E-state index contributed by atoms with van der Waals surface area (Å²) in [6.45, 7) is 3.33. The Kier molecular flexibility index (Phi) is 6.39. The lowest BCUT2D eigenvalue weighted by atomic mass is 10.1. The summed E-state index contributed by atoms with van der Waals surface area (Å²) in [4.78, 5) is 37.4. The van der Waals surface area contributed by atoms with Gasteiger partial charge in [0.25, 0.3) is 5.56 Å². The van der Waals surface area contributed by atoms with Crippen molar-refractivity contribution in [3.8, 4) is 17.0 Å². The van der Waals surface area contributed by atoms with E-state index in [2.05, 4.69) is 15.6 Å². The molecule has 2 aromatic carbocycles. The Morgan fingerprint density at radius 1 is 1.15 bits per heavy atom. The molecule has 10 heteroatoms. The molecular weight excluding hydrogens is 440 g/mol. The Bertz CT molecular complexity index is 1420. The summed E-state index contributed by atoms with van der Waals surface area (Å²) in [5.41, 5.74) is 1.48. The van der Waals surface area contributed by atoms with E-state index in [1.54, 1.807) is 63.4 Å². The van der Waals surface area contributed by atoms with E-state index in [-0.39, 0.29) is 18.7 Å². The minimum atomic E-state index is -0.550. The Morgan fingerprint density at radius 2 is 1.91 bits per heavy atom. The van der Waals surface area contributed by atoms with Crippen molar-refractivity contribution in [1.29, 1.82) is 0 Å². The van der Waals surface area contributed by atoms with Crippen LogP contribution in [0, 0.1) is 6.92 Å². The molecule has 0 saturated carbocycles. The lowest BCUT2D eigenvalue weighted by Gasteiger charge is -2.10. The number of methoxy groups -OCH3 is 1. The first-order valence-corrected chi connectivity index (χ1v) is 10.5. The Balaban J connectivity index is 1.63. The molecule has 4 rings (SSSR count). The number of ether oxygens (including phenoxy) is 2. The van der Waals surface area contributed by atoms with Gasteiger partial charge in [-0.05, 0) is 50.2 Å². The van der Waals surface area contributed by atoms with Gasteiger partial charge in [-0.15, -0.1) is 0 Å². The van der Waals surface area contributed by atoms with Gasteiger partial charge in [0.2, 0.25) is 5.91 Å². The predicted octanol–water partition coefficient (Wildman–Crippen LogP) is 3.18. The highest BCUT2D eigenvalue weighted by Gasteiger charge is 2.20. The molecule has 174 valence electrons. The molecule has 4 aromatic rings. The minimum Gasteiger partial charge on any atom is -0.497 e. The van der Waals surface area contributed by atoms with E-state index >= 15 is 0 Å². The van der Waals surface area contributed by atoms with Gasteiger partial charge in [0, 0.05) is 11.3 Å². The zero-order valence-corrected chi connectivity index (χ0v) is 18.8. The largest absolute Gasteiger partial charge is 0.497 e. The molecule has 10 nitrogen and oxygen atoms in total. The number of anilines is 1. The second-order valence-electron chi connectivity index (χ2n) is 7.35. The Morgan fingerprint density at radius 3 is 2.62 bits per heavy atom. The van der Waals surface area contributed by atoms with Crippen molar-refractivity contribution < 1.29 is 23.6 Å². The third kappa shape index (κ3) is 4.51. The lowest BCUT2D eigenvalue weighted by molar-refractivity contribution is -0.117. The van der Waals surface area contributed by atoms with Gasteiger partial charge in [-0.2, -0.15) is 5.10 Å². The fourth-order valence-electron chi connectivity index (χ4n) is 3.46. The monoisotopic (exact) mass is 462 g/mol. The van der Waals surface area contributed by atoms with Crippen LogP contribution in [0.1, 0.15) is 23.0 Å². The molecule has 0 bridgehead atoms. The van der Waals surface area contributed by atoms with Gasteiger partial charge in [0.15, 0.2) is 5.52 Å². The zero-order valence-electron chi connectivity index (χ0n) is 18.8. The van der Waals surface area contributed by atoms with Gasteiger partial charge >= 0.3 is 5.97 Å². The molecule has 0 spiro atoms. The molecule has 0 radical (unpaired) electrons. The molecule has 34 heavy (non-hydrogen) atoms. The normalized spacial score (nSPS) is 10.8. The van der Waals surface area contributed by atoms with Crippen LogP contribution in [0.3, 0.4) is 0 Å². The molecule has 0 atom stereocenters. The van der Waals surface area contributed by atoms with Gasteiger partial charge < -0.3 is 19.3 Å². The fourth-order valence-corrected chi connectivity index (χ4v) is 3.46. The van der Waals surface area contributed by atoms with Crippen LogP contribution in [0.2, 0.25) is 0 Å². The van der Waals surface area contributed by atoms with Crippen LogP contribution >= 0.6 is 0 Å². The summed E-state index contributed by atoms with van der Waals surface area (Å²) >= 11 is 0. The van der Waals surface area contributed by atoms with Crippen LogP contribution in [0.5, 0.6) is 5.75 Å². The van der Waals surface area contributed by atoms with E-state index in [1.165, 1.54) is 0 Å². The fraction of sp³-hybridized carbons (Fsp3) is 0.208. The summed E-state index contributed by atoms with van der Waals surface area (Å²) in [5.74, 6) is 0.131. The van der Waals surface area contributed by atoms with Crippen molar-refractivity contribution >= 4 is 28.5 Å². The summed E-state index contributed by atoms with van der Waals surface area (Å²) in [6.07, 6.45) is 0. The van der Waals surface area contributed by atoms with Crippen LogP contribution in [0.25, 0.3) is 22.2 Å². The number of aromatic nitrogens is 3. The number of carbonyl (C=O) groups is 2. The number of aryl methyl sites for hydroxylation is 1. The topological polar surface area (TPSA) is 126 Å². The van der Waals surface area contributed by atoms with Crippen molar-refractivity contribution in [3.05, 3.63) is 70.2 Å². The van der Waals surface area contributed by atoms with Crippen LogP contribution in [-0.2, 0) is 16.1 Å². The highest BCUT2D eigenvalue weighted by molar-refractivity contribution is 5.95. The quantitative estimate of drug-likeness (QED) is 0.415. The highest BCUT2D eigenvalue weighted by atomic mass is 16.5. The number of amides is 1. The van der Waals surface area contributed by atoms with Gasteiger partial charge in [0.05, 0.1) is 24.7 Å². The number of benzene rings is 2. The predicted molar refractivity (Wildman–Crippen MR) is 124 cm³/mol. The molecule has 2 aromatic heterocycles. The standard InChI is InChI=1S/C24H22N4O6/c1-4-33-24(31)15-8-10-17(11-9-15)25-19(29)13-28-23(30)22-20(14(2)34-27-22)21(26-28)16-6-5-7-18(12-16)32-3/h5-12H,4,13H2,1-3H3,(H,25,29). The number of rotatable bonds is 7. The summed E-state index contributed by atoms with van der Waals surface area (Å²) < 4.78 is 16.5. The summed E-state index contributed by atoms with van der Waals surface area (Å²) in [5, 5.41) is 11.5. The van der Waals surface area contributed by atoms with E-state index in [4.69, 9.17) is 14.0 Å². The number of hydrogen-bond donors (Lipinski definition) is 1.